The van der Waals surface area contributed by atoms with Gasteiger partial charge in [0, 0.05) is 35.6 Å². The second kappa shape index (κ2) is 7.52. The van der Waals surface area contributed by atoms with E-state index in [9.17, 15) is 9.18 Å². The summed E-state index contributed by atoms with van der Waals surface area (Å²) in [5.41, 5.74) is 5.02. The van der Waals surface area contributed by atoms with Gasteiger partial charge in [-0.25, -0.2) is 4.39 Å². The largest absolute Gasteiger partial charge is 0.378 e. The molecule has 2 N–H and O–H groups in total. The first-order chi connectivity index (χ1) is 14.2. The average molecular weight is 393 g/mol. The van der Waals surface area contributed by atoms with Crippen LogP contribution in [-0.4, -0.2) is 37.2 Å². The predicted molar refractivity (Wildman–Crippen MR) is 112 cm³/mol. The molecule has 2 aliphatic rings. The molecule has 1 atom stereocenters. The Morgan fingerprint density at radius 3 is 2.86 bits per heavy atom. The Balaban J connectivity index is 1.36. The first kappa shape index (κ1) is 18.2. The molecule has 1 aromatic heterocycles. The van der Waals surface area contributed by atoms with E-state index < -0.39 is 0 Å². The summed E-state index contributed by atoms with van der Waals surface area (Å²) in [5.74, 6) is -0.338. The molecule has 0 bridgehead atoms. The lowest BCUT2D eigenvalue weighted by molar-refractivity contribution is -0.120. The van der Waals surface area contributed by atoms with Crippen molar-refractivity contribution in [2.45, 2.75) is 19.3 Å². The van der Waals surface area contributed by atoms with Crippen LogP contribution in [-0.2, 0) is 22.4 Å². The average Bonchev–Trinajstić information content (AvgIpc) is 3.12. The number of fused-ring (bicyclic) bond motifs is 3. The van der Waals surface area contributed by atoms with Crippen LogP contribution >= 0.6 is 0 Å². The number of nitrogens with one attached hydrogen (secondary N) is 2. The molecular weight excluding hydrogens is 369 g/mol. The van der Waals surface area contributed by atoms with E-state index in [1.165, 1.54) is 6.07 Å². The number of halogens is 1. The minimum absolute atomic E-state index is 0.0297. The Labute approximate surface area is 168 Å². The number of anilines is 2. The molecular formula is C23H24FN3O2. The molecule has 1 fully saturated rings. The molecule has 0 radical (unpaired) electrons. The molecule has 3 aromatic rings. The van der Waals surface area contributed by atoms with Gasteiger partial charge < -0.3 is 19.9 Å². The van der Waals surface area contributed by atoms with E-state index in [1.807, 2.05) is 24.3 Å². The van der Waals surface area contributed by atoms with Crippen LogP contribution in [0.3, 0.4) is 0 Å². The van der Waals surface area contributed by atoms with Gasteiger partial charge >= 0.3 is 0 Å². The number of rotatable bonds is 3. The Morgan fingerprint density at radius 2 is 2.00 bits per heavy atom. The summed E-state index contributed by atoms with van der Waals surface area (Å²) in [6.45, 7) is 3.04. The second-order valence-corrected chi connectivity index (χ2v) is 7.82. The molecule has 1 aliphatic heterocycles. The fraction of sp³-hybridized carbons (Fsp3) is 0.348. The number of aromatic nitrogens is 1. The molecule has 5 nitrogen and oxygen atoms in total. The van der Waals surface area contributed by atoms with Crippen LogP contribution in [0.1, 0.15) is 17.7 Å². The number of hydrogen-bond acceptors (Lipinski definition) is 3. The van der Waals surface area contributed by atoms with Gasteiger partial charge in [-0.05, 0) is 55.2 Å². The van der Waals surface area contributed by atoms with Crippen molar-refractivity contribution in [1.82, 2.24) is 4.98 Å². The SMILES string of the molecule is O=C(Nc1ccccc1N1CCOCC1)C1CCc2[nH]c3ccc(F)cc3c2C1. The Bertz CT molecular complexity index is 1060. The van der Waals surface area contributed by atoms with Crippen LogP contribution in [0.2, 0.25) is 0 Å². The van der Waals surface area contributed by atoms with E-state index in [2.05, 4.69) is 15.2 Å². The van der Waals surface area contributed by atoms with Crippen molar-refractivity contribution in [1.29, 1.82) is 0 Å². The quantitative estimate of drug-likeness (QED) is 0.710. The number of aryl methyl sites for hydroxylation is 1. The number of carbonyl (C=O) groups is 1. The van der Waals surface area contributed by atoms with Crippen molar-refractivity contribution in [3.05, 3.63) is 59.5 Å². The fourth-order valence-electron chi connectivity index (χ4n) is 4.51. The van der Waals surface area contributed by atoms with Gasteiger partial charge in [0.1, 0.15) is 5.82 Å². The van der Waals surface area contributed by atoms with Crippen molar-refractivity contribution < 1.29 is 13.9 Å². The summed E-state index contributed by atoms with van der Waals surface area (Å²) in [5, 5.41) is 4.05. The van der Waals surface area contributed by atoms with E-state index in [1.54, 1.807) is 12.1 Å². The van der Waals surface area contributed by atoms with Crippen molar-refractivity contribution in [2.75, 3.05) is 36.5 Å². The maximum atomic E-state index is 13.7. The number of nitrogens with zero attached hydrogens (tertiary/aromatic N) is 1. The number of morpholine rings is 1. The summed E-state index contributed by atoms with van der Waals surface area (Å²) >= 11 is 0. The lowest BCUT2D eigenvalue weighted by Crippen LogP contribution is -2.37. The Morgan fingerprint density at radius 1 is 1.17 bits per heavy atom. The zero-order valence-electron chi connectivity index (χ0n) is 16.2. The second-order valence-electron chi connectivity index (χ2n) is 7.82. The minimum Gasteiger partial charge on any atom is -0.378 e. The van der Waals surface area contributed by atoms with Crippen molar-refractivity contribution >= 4 is 28.2 Å². The molecule has 150 valence electrons. The van der Waals surface area contributed by atoms with Crippen LogP contribution < -0.4 is 10.2 Å². The Hall–Kier alpha value is -2.86. The highest BCUT2D eigenvalue weighted by Crippen LogP contribution is 2.34. The number of para-hydroxylation sites is 2. The number of hydrogen-bond donors (Lipinski definition) is 2. The molecule has 5 rings (SSSR count). The van der Waals surface area contributed by atoms with E-state index in [0.717, 1.165) is 59.5 Å². The number of amides is 1. The molecule has 1 amide bonds. The van der Waals surface area contributed by atoms with Gasteiger partial charge in [0.2, 0.25) is 5.91 Å². The molecule has 1 aliphatic carbocycles. The van der Waals surface area contributed by atoms with Gasteiger partial charge in [-0.15, -0.1) is 0 Å². The van der Waals surface area contributed by atoms with Crippen LogP contribution in [0.25, 0.3) is 10.9 Å². The molecule has 0 saturated carbocycles. The van der Waals surface area contributed by atoms with Crippen LogP contribution in [0.15, 0.2) is 42.5 Å². The summed E-state index contributed by atoms with van der Waals surface area (Å²) in [6.07, 6.45) is 2.22. The summed E-state index contributed by atoms with van der Waals surface area (Å²) < 4.78 is 19.2. The van der Waals surface area contributed by atoms with Gasteiger partial charge in [0.15, 0.2) is 0 Å². The lowest BCUT2D eigenvalue weighted by Gasteiger charge is -2.31. The van der Waals surface area contributed by atoms with E-state index in [-0.39, 0.29) is 17.6 Å². The molecule has 29 heavy (non-hydrogen) atoms. The molecule has 0 spiro atoms. The minimum atomic E-state index is -0.245. The molecule has 2 heterocycles. The Kier molecular flexibility index (Phi) is 4.72. The molecule has 1 unspecified atom stereocenters. The van der Waals surface area contributed by atoms with Crippen molar-refractivity contribution in [3.8, 4) is 0 Å². The molecule has 6 heteroatoms. The summed E-state index contributed by atoms with van der Waals surface area (Å²) in [4.78, 5) is 18.7. The first-order valence-electron chi connectivity index (χ1n) is 10.2. The highest BCUT2D eigenvalue weighted by atomic mass is 19.1. The van der Waals surface area contributed by atoms with Gasteiger partial charge in [0.25, 0.3) is 0 Å². The normalized spacial score (nSPS) is 19.2. The number of benzene rings is 2. The van der Waals surface area contributed by atoms with E-state index in [0.29, 0.717) is 19.6 Å². The first-order valence-corrected chi connectivity index (χ1v) is 10.2. The maximum absolute atomic E-state index is 13.7. The van der Waals surface area contributed by atoms with Crippen LogP contribution in [0, 0.1) is 11.7 Å². The topological polar surface area (TPSA) is 57.4 Å². The lowest BCUT2D eigenvalue weighted by atomic mass is 9.85. The molecule has 2 aromatic carbocycles. The summed E-state index contributed by atoms with van der Waals surface area (Å²) in [7, 11) is 0. The van der Waals surface area contributed by atoms with Gasteiger partial charge in [-0.3, -0.25) is 4.79 Å². The molecule has 1 saturated heterocycles. The number of carbonyl (C=O) groups excluding carboxylic acids is 1. The number of aromatic amines is 1. The maximum Gasteiger partial charge on any atom is 0.227 e. The monoisotopic (exact) mass is 393 g/mol. The van der Waals surface area contributed by atoms with Crippen LogP contribution in [0.4, 0.5) is 15.8 Å². The zero-order valence-corrected chi connectivity index (χ0v) is 16.2. The van der Waals surface area contributed by atoms with E-state index in [4.69, 9.17) is 4.74 Å². The van der Waals surface area contributed by atoms with Gasteiger partial charge in [0.05, 0.1) is 24.6 Å². The fourth-order valence-corrected chi connectivity index (χ4v) is 4.51. The van der Waals surface area contributed by atoms with Crippen molar-refractivity contribution in [3.63, 3.8) is 0 Å². The zero-order chi connectivity index (χ0) is 19.8. The predicted octanol–water partition coefficient (Wildman–Crippen LogP) is 3.89. The van der Waals surface area contributed by atoms with E-state index >= 15 is 0 Å². The third-order valence-corrected chi connectivity index (χ3v) is 6.03. The number of ether oxygens (including phenoxy) is 1. The summed E-state index contributed by atoms with van der Waals surface area (Å²) in [6, 6.07) is 12.8. The van der Waals surface area contributed by atoms with Crippen molar-refractivity contribution in [2.24, 2.45) is 5.92 Å². The highest BCUT2D eigenvalue weighted by molar-refractivity contribution is 5.97. The van der Waals surface area contributed by atoms with Gasteiger partial charge in [-0.2, -0.15) is 0 Å². The third-order valence-electron chi connectivity index (χ3n) is 6.03. The third kappa shape index (κ3) is 3.49. The van der Waals surface area contributed by atoms with Crippen LogP contribution in [0.5, 0.6) is 0 Å². The smallest absolute Gasteiger partial charge is 0.227 e. The number of H-pyrrole nitrogens is 1. The standard InChI is InChI=1S/C23H24FN3O2/c24-16-6-8-20-18(14-16)17-13-15(5-7-19(17)25-20)23(28)26-21-3-1-2-4-22(21)27-9-11-29-12-10-27/h1-4,6,8,14-15,25H,5,7,9-13H2,(H,26,28). The highest BCUT2D eigenvalue weighted by Gasteiger charge is 2.28. The van der Waals surface area contributed by atoms with Gasteiger partial charge in [-0.1, -0.05) is 12.1 Å².